The van der Waals surface area contributed by atoms with Gasteiger partial charge < -0.3 is 24.2 Å². The zero-order chi connectivity index (χ0) is 23.8. The van der Waals surface area contributed by atoms with Crippen LogP contribution < -0.4 is 9.64 Å². The van der Waals surface area contributed by atoms with Crippen LogP contribution in [0.15, 0.2) is 24.3 Å². The third kappa shape index (κ3) is 4.53. The normalized spacial score (nSPS) is 18.1. The second kappa shape index (κ2) is 9.59. The van der Waals surface area contributed by atoms with Crippen LogP contribution in [0.5, 0.6) is 5.75 Å². The van der Waals surface area contributed by atoms with Crippen molar-refractivity contribution in [1.29, 1.82) is 0 Å². The van der Waals surface area contributed by atoms with Crippen molar-refractivity contribution in [3.05, 3.63) is 46.5 Å². The quantitative estimate of drug-likeness (QED) is 0.542. The Morgan fingerprint density at radius 1 is 1.24 bits per heavy atom. The Balaban J connectivity index is 1.74. The van der Waals surface area contributed by atoms with Gasteiger partial charge in [0.2, 0.25) is 0 Å². The summed E-state index contributed by atoms with van der Waals surface area (Å²) in [5, 5.41) is 9.60. The standard InChI is InChI=1S/C28H35NO5/c1-17-23(29(2)12-13-30)16-22(18-6-7-18)26(20-8-11-24-19(15-20)5-4-14-33-24)25(17)27(28(31)32-3)34-21-9-10-21/h8,11,15-16,18,21,27,30H,4-7,9-10,12-14H2,1-3H3. The fraction of sp³-hybridized carbons (Fsp3) is 0.536. The van der Waals surface area contributed by atoms with Gasteiger partial charge in [-0.3, -0.25) is 0 Å². The van der Waals surface area contributed by atoms with E-state index in [1.807, 2.05) is 7.05 Å². The molecule has 5 rings (SSSR count). The van der Waals surface area contributed by atoms with E-state index in [9.17, 15) is 9.90 Å². The highest BCUT2D eigenvalue weighted by Crippen LogP contribution is 2.51. The number of carbonyl (C=O) groups excluding carboxylic acids is 1. The SMILES string of the molecule is COC(=O)C(OC1CC1)c1c(C)c(N(C)CCO)cc(C2CC2)c1-c1ccc2c(c1)CCCO2. The van der Waals surface area contributed by atoms with E-state index in [2.05, 4.69) is 36.1 Å². The number of methoxy groups -OCH3 is 1. The largest absolute Gasteiger partial charge is 0.493 e. The molecule has 6 nitrogen and oxygen atoms in total. The zero-order valence-electron chi connectivity index (χ0n) is 20.4. The Labute approximate surface area is 201 Å². The van der Waals surface area contributed by atoms with E-state index in [0.717, 1.165) is 78.8 Å². The molecule has 34 heavy (non-hydrogen) atoms. The van der Waals surface area contributed by atoms with Crippen LogP contribution in [0.1, 0.15) is 66.4 Å². The van der Waals surface area contributed by atoms with Crippen molar-refractivity contribution in [3.63, 3.8) is 0 Å². The number of aryl methyl sites for hydroxylation is 1. The molecule has 2 fully saturated rings. The minimum Gasteiger partial charge on any atom is -0.493 e. The molecule has 2 saturated carbocycles. The Bertz CT molecular complexity index is 1070. The summed E-state index contributed by atoms with van der Waals surface area (Å²) in [6.07, 6.45) is 5.54. The van der Waals surface area contributed by atoms with Crippen LogP contribution in [0, 0.1) is 6.92 Å². The van der Waals surface area contributed by atoms with Gasteiger partial charge in [-0.15, -0.1) is 0 Å². The van der Waals surface area contributed by atoms with Gasteiger partial charge in [0.1, 0.15) is 5.75 Å². The molecule has 3 aliphatic rings. The van der Waals surface area contributed by atoms with E-state index in [1.54, 1.807) is 0 Å². The first-order chi connectivity index (χ1) is 16.5. The molecule has 1 heterocycles. The molecule has 0 radical (unpaired) electrons. The summed E-state index contributed by atoms with van der Waals surface area (Å²) < 4.78 is 17.5. The van der Waals surface area contributed by atoms with Crippen LogP contribution in [0.2, 0.25) is 0 Å². The molecule has 0 aromatic heterocycles. The highest BCUT2D eigenvalue weighted by molar-refractivity contribution is 5.86. The molecular formula is C28H35NO5. The third-order valence-electron chi connectivity index (χ3n) is 7.23. The van der Waals surface area contributed by atoms with Crippen molar-refractivity contribution in [2.24, 2.45) is 0 Å². The fourth-order valence-electron chi connectivity index (χ4n) is 5.10. The molecule has 0 bridgehead atoms. The van der Waals surface area contributed by atoms with Crippen LogP contribution in [-0.4, -0.2) is 51.1 Å². The van der Waals surface area contributed by atoms with Gasteiger partial charge in [0.15, 0.2) is 6.10 Å². The average molecular weight is 466 g/mol. The highest BCUT2D eigenvalue weighted by atomic mass is 16.6. The van der Waals surface area contributed by atoms with E-state index in [1.165, 1.54) is 18.2 Å². The van der Waals surface area contributed by atoms with Crippen molar-refractivity contribution < 1.29 is 24.1 Å². The molecule has 1 aliphatic heterocycles. The lowest BCUT2D eigenvalue weighted by Gasteiger charge is -2.30. The summed E-state index contributed by atoms with van der Waals surface area (Å²) in [4.78, 5) is 15.2. The number of anilines is 1. The van der Waals surface area contributed by atoms with E-state index in [-0.39, 0.29) is 18.7 Å². The van der Waals surface area contributed by atoms with E-state index >= 15 is 0 Å². The van der Waals surface area contributed by atoms with Gasteiger partial charge in [-0.05, 0) is 97.4 Å². The Morgan fingerprint density at radius 3 is 2.71 bits per heavy atom. The molecular weight excluding hydrogens is 430 g/mol. The van der Waals surface area contributed by atoms with Gasteiger partial charge in [-0.1, -0.05) is 6.07 Å². The number of benzene rings is 2. The summed E-state index contributed by atoms with van der Waals surface area (Å²) in [5.41, 5.74) is 7.61. The van der Waals surface area contributed by atoms with E-state index < -0.39 is 6.10 Å². The second-order valence-electron chi connectivity index (χ2n) is 9.83. The van der Waals surface area contributed by atoms with Crippen molar-refractivity contribution in [1.82, 2.24) is 0 Å². The van der Waals surface area contributed by atoms with Gasteiger partial charge in [0.05, 0.1) is 26.4 Å². The van der Waals surface area contributed by atoms with E-state index in [4.69, 9.17) is 14.2 Å². The molecule has 0 spiro atoms. The van der Waals surface area contributed by atoms with Crippen molar-refractivity contribution >= 4 is 11.7 Å². The molecule has 1 N–H and O–H groups in total. The lowest BCUT2D eigenvalue weighted by molar-refractivity contribution is -0.155. The first kappa shape index (κ1) is 23.2. The fourth-order valence-corrected chi connectivity index (χ4v) is 5.10. The number of hydrogen-bond donors (Lipinski definition) is 1. The Kier molecular flexibility index (Phi) is 6.54. The van der Waals surface area contributed by atoms with Crippen LogP contribution >= 0.6 is 0 Å². The van der Waals surface area contributed by atoms with E-state index in [0.29, 0.717) is 12.5 Å². The maximum atomic E-state index is 13.1. The molecule has 0 saturated heterocycles. The maximum absolute atomic E-state index is 13.1. The molecule has 6 heteroatoms. The van der Waals surface area contributed by atoms with Crippen molar-refractivity contribution in [2.75, 3.05) is 38.8 Å². The van der Waals surface area contributed by atoms with Crippen molar-refractivity contribution in [2.45, 2.75) is 63.6 Å². The predicted molar refractivity (Wildman–Crippen MR) is 132 cm³/mol. The highest BCUT2D eigenvalue weighted by Gasteiger charge is 2.38. The summed E-state index contributed by atoms with van der Waals surface area (Å²) in [5.74, 6) is 1.06. The molecule has 182 valence electrons. The minimum absolute atomic E-state index is 0.0651. The molecule has 2 aliphatic carbocycles. The monoisotopic (exact) mass is 465 g/mol. The zero-order valence-corrected chi connectivity index (χ0v) is 20.4. The number of esters is 1. The number of rotatable bonds is 9. The number of aliphatic hydroxyl groups is 1. The third-order valence-corrected chi connectivity index (χ3v) is 7.23. The van der Waals surface area contributed by atoms with Crippen LogP contribution in [0.25, 0.3) is 11.1 Å². The molecule has 1 unspecified atom stereocenters. The number of fused-ring (bicyclic) bond motifs is 1. The van der Waals surface area contributed by atoms with Crippen LogP contribution in [-0.2, 0) is 20.7 Å². The minimum atomic E-state index is -0.778. The second-order valence-corrected chi connectivity index (χ2v) is 9.83. The number of carbonyl (C=O) groups is 1. The molecule has 1 atom stereocenters. The summed E-state index contributed by atoms with van der Waals surface area (Å²) in [7, 11) is 3.42. The number of ether oxygens (including phenoxy) is 3. The van der Waals surface area contributed by atoms with Crippen LogP contribution in [0.3, 0.4) is 0 Å². The average Bonchev–Trinajstić information content (AvgIpc) is 3.76. The Morgan fingerprint density at radius 2 is 2.03 bits per heavy atom. The van der Waals surface area contributed by atoms with Gasteiger partial charge in [-0.25, -0.2) is 4.79 Å². The summed E-state index contributed by atoms with van der Waals surface area (Å²) in [6, 6.07) is 8.70. The molecule has 0 amide bonds. The van der Waals surface area contributed by atoms with Crippen molar-refractivity contribution in [3.8, 4) is 16.9 Å². The Hall–Kier alpha value is -2.57. The number of nitrogens with zero attached hydrogens (tertiary/aromatic N) is 1. The van der Waals surface area contributed by atoms with Gasteiger partial charge in [0.25, 0.3) is 0 Å². The first-order valence-electron chi connectivity index (χ1n) is 12.5. The van der Waals surface area contributed by atoms with Gasteiger partial charge in [-0.2, -0.15) is 0 Å². The number of likely N-dealkylation sites (N-methyl/N-ethyl adjacent to an activating group) is 1. The van der Waals surface area contributed by atoms with Gasteiger partial charge in [0, 0.05) is 24.8 Å². The lowest BCUT2D eigenvalue weighted by Crippen LogP contribution is -2.25. The topological polar surface area (TPSA) is 68.2 Å². The molecule has 2 aromatic rings. The molecule has 2 aromatic carbocycles. The summed E-state index contributed by atoms with van der Waals surface area (Å²) >= 11 is 0. The number of aliphatic hydroxyl groups excluding tert-OH is 1. The van der Waals surface area contributed by atoms with Crippen LogP contribution in [0.4, 0.5) is 5.69 Å². The summed E-state index contributed by atoms with van der Waals surface area (Å²) in [6.45, 7) is 3.41. The number of hydrogen-bond acceptors (Lipinski definition) is 6. The smallest absolute Gasteiger partial charge is 0.339 e. The van der Waals surface area contributed by atoms with Gasteiger partial charge >= 0.3 is 5.97 Å². The predicted octanol–water partition coefficient (Wildman–Crippen LogP) is 4.69. The lowest BCUT2D eigenvalue weighted by atomic mass is 9.84. The first-order valence-corrected chi connectivity index (χ1v) is 12.5. The maximum Gasteiger partial charge on any atom is 0.339 e.